The van der Waals surface area contributed by atoms with Crippen LogP contribution < -0.4 is 5.32 Å². The number of methoxy groups -OCH3 is 1. The number of ether oxygens (including phenoxy) is 2. The summed E-state index contributed by atoms with van der Waals surface area (Å²) in [5.41, 5.74) is -0.638. The Bertz CT molecular complexity index is 350. The number of urea groups is 1. The predicted octanol–water partition coefficient (Wildman–Crippen LogP) is -0.955. The Balaban J connectivity index is 2.26. The van der Waals surface area contributed by atoms with E-state index < -0.39 is 30.2 Å². The monoisotopic (exact) mass is 260 g/mol. The van der Waals surface area contributed by atoms with Crippen molar-refractivity contribution in [2.24, 2.45) is 0 Å². The number of hydrogen-bond acceptors (Lipinski definition) is 5. The average Bonchev–Trinajstić information content (AvgIpc) is 2.29. The Morgan fingerprint density at radius 1 is 1.39 bits per heavy atom. The Hall–Kier alpha value is -1.83. The molecule has 0 aliphatic carbocycles. The lowest BCUT2D eigenvalue weighted by atomic mass is 9.97. The summed E-state index contributed by atoms with van der Waals surface area (Å²) in [6, 6.07) is -0.406. The van der Waals surface area contributed by atoms with Gasteiger partial charge in [-0.1, -0.05) is 0 Å². The fraction of sp³-hybridized carbons (Fsp3) is 0.700. The van der Waals surface area contributed by atoms with Crippen molar-refractivity contribution in [1.29, 1.82) is 0 Å². The van der Waals surface area contributed by atoms with Gasteiger partial charge in [-0.25, -0.2) is 9.59 Å². The molecule has 1 saturated heterocycles. The normalized spacial score (nSPS) is 16.7. The van der Waals surface area contributed by atoms with Crippen LogP contribution in [0.4, 0.5) is 4.79 Å². The van der Waals surface area contributed by atoms with Gasteiger partial charge in [0.1, 0.15) is 18.8 Å². The van der Waals surface area contributed by atoms with Crippen molar-refractivity contribution >= 4 is 18.0 Å². The molecule has 2 amide bonds. The Labute approximate surface area is 104 Å². The van der Waals surface area contributed by atoms with Crippen LogP contribution in [0, 0.1) is 0 Å². The van der Waals surface area contributed by atoms with E-state index in [-0.39, 0.29) is 19.6 Å². The van der Waals surface area contributed by atoms with E-state index in [1.165, 1.54) is 12.0 Å². The molecule has 8 nitrogen and oxygen atoms in total. The lowest BCUT2D eigenvalue weighted by Gasteiger charge is -2.46. The van der Waals surface area contributed by atoms with E-state index in [1.807, 2.05) is 0 Å². The van der Waals surface area contributed by atoms with Crippen molar-refractivity contribution in [1.82, 2.24) is 10.2 Å². The topological polar surface area (TPSA) is 105 Å². The molecule has 2 N–H and O–H groups in total. The summed E-state index contributed by atoms with van der Waals surface area (Å²) in [4.78, 5) is 34.1. The smallest absolute Gasteiger partial charge is 0.329 e. The summed E-state index contributed by atoms with van der Waals surface area (Å²) in [5.74, 6) is -1.58. The molecule has 0 unspecified atom stereocenters. The zero-order valence-electron chi connectivity index (χ0n) is 10.3. The van der Waals surface area contributed by atoms with E-state index in [4.69, 9.17) is 9.84 Å². The van der Waals surface area contributed by atoms with Gasteiger partial charge in [0.2, 0.25) is 0 Å². The average molecular weight is 260 g/mol. The molecule has 1 aliphatic rings. The summed E-state index contributed by atoms with van der Waals surface area (Å²) in [5, 5.41) is 10.9. The molecule has 0 aromatic heterocycles. The lowest BCUT2D eigenvalue weighted by molar-refractivity contribution is -0.159. The van der Waals surface area contributed by atoms with Gasteiger partial charge < -0.3 is 24.8 Å². The second-order valence-electron chi connectivity index (χ2n) is 4.22. The molecule has 1 heterocycles. The predicted molar refractivity (Wildman–Crippen MR) is 59.0 cm³/mol. The molecule has 0 radical (unpaired) electrons. The highest BCUT2D eigenvalue weighted by atomic mass is 16.5. The largest absolute Gasteiger partial charge is 0.480 e. The van der Waals surface area contributed by atoms with Crippen LogP contribution in [0.2, 0.25) is 0 Å². The number of hydrogen-bond donors (Lipinski definition) is 2. The van der Waals surface area contributed by atoms with Crippen LogP contribution >= 0.6 is 0 Å². The van der Waals surface area contributed by atoms with Crippen molar-refractivity contribution in [3.63, 3.8) is 0 Å². The maximum absolute atomic E-state index is 11.5. The highest BCUT2D eigenvalue weighted by molar-refractivity contribution is 5.81. The van der Waals surface area contributed by atoms with Crippen molar-refractivity contribution in [3.05, 3.63) is 0 Å². The third kappa shape index (κ3) is 3.88. The van der Waals surface area contributed by atoms with Crippen LogP contribution in [0.3, 0.4) is 0 Å². The third-order valence-electron chi connectivity index (χ3n) is 2.49. The van der Waals surface area contributed by atoms with E-state index in [0.29, 0.717) is 0 Å². The number of carbonyl (C=O) groups excluding carboxylic acids is 2. The van der Waals surface area contributed by atoms with E-state index in [1.54, 1.807) is 6.92 Å². The summed E-state index contributed by atoms with van der Waals surface area (Å²) < 4.78 is 9.52. The van der Waals surface area contributed by atoms with Crippen molar-refractivity contribution < 1.29 is 29.0 Å². The number of nitrogens with one attached hydrogen (secondary N) is 1. The van der Waals surface area contributed by atoms with Gasteiger partial charge in [-0.05, 0) is 6.92 Å². The van der Waals surface area contributed by atoms with Gasteiger partial charge in [-0.3, -0.25) is 4.79 Å². The summed E-state index contributed by atoms with van der Waals surface area (Å²) in [6.45, 7) is 1.70. The van der Waals surface area contributed by atoms with E-state index in [2.05, 4.69) is 10.1 Å². The quantitative estimate of drug-likeness (QED) is 0.617. The fourth-order valence-electron chi connectivity index (χ4n) is 1.56. The Morgan fingerprint density at radius 2 is 2.00 bits per heavy atom. The SMILES string of the molecule is COC(=O)CNC(=O)N1CC(C)(OCC(=O)O)C1. The molecule has 0 bridgehead atoms. The zero-order valence-corrected chi connectivity index (χ0v) is 10.3. The number of carboxylic acid groups (broad SMARTS) is 1. The minimum absolute atomic E-state index is 0.196. The first kappa shape index (κ1) is 14.2. The molecule has 0 aromatic rings. The Morgan fingerprint density at radius 3 is 2.50 bits per heavy atom. The fourth-order valence-corrected chi connectivity index (χ4v) is 1.56. The molecule has 8 heteroatoms. The molecule has 0 atom stereocenters. The number of likely N-dealkylation sites (tertiary alicyclic amines) is 1. The van der Waals surface area contributed by atoms with Crippen LogP contribution in [-0.2, 0) is 19.1 Å². The maximum atomic E-state index is 11.5. The summed E-state index contributed by atoms with van der Waals surface area (Å²) in [6.07, 6.45) is 0. The van der Waals surface area contributed by atoms with Crippen molar-refractivity contribution in [3.8, 4) is 0 Å². The standard InChI is InChI=1S/C10H16N2O6/c1-10(18-4-7(13)14)5-12(6-10)9(16)11-3-8(15)17-2/h3-6H2,1-2H3,(H,11,16)(H,13,14). The first-order valence-corrected chi connectivity index (χ1v) is 5.31. The molecule has 0 saturated carbocycles. The van der Waals surface area contributed by atoms with Crippen LogP contribution in [0.5, 0.6) is 0 Å². The van der Waals surface area contributed by atoms with E-state index in [0.717, 1.165) is 0 Å². The zero-order chi connectivity index (χ0) is 13.8. The minimum Gasteiger partial charge on any atom is -0.480 e. The second kappa shape index (κ2) is 5.67. The summed E-state index contributed by atoms with van der Waals surface area (Å²) >= 11 is 0. The van der Waals surface area contributed by atoms with Crippen LogP contribution in [0.25, 0.3) is 0 Å². The van der Waals surface area contributed by atoms with E-state index in [9.17, 15) is 14.4 Å². The number of esters is 1. The van der Waals surface area contributed by atoms with Crippen LogP contribution in [-0.4, -0.2) is 66.9 Å². The highest BCUT2D eigenvalue weighted by Gasteiger charge is 2.42. The molecule has 1 aliphatic heterocycles. The maximum Gasteiger partial charge on any atom is 0.329 e. The van der Waals surface area contributed by atoms with Crippen LogP contribution in [0.1, 0.15) is 6.92 Å². The number of nitrogens with zero attached hydrogens (tertiary/aromatic N) is 1. The van der Waals surface area contributed by atoms with Gasteiger partial charge >= 0.3 is 18.0 Å². The van der Waals surface area contributed by atoms with Gasteiger partial charge in [0.25, 0.3) is 0 Å². The molecule has 0 aromatic carbocycles. The third-order valence-corrected chi connectivity index (χ3v) is 2.49. The van der Waals surface area contributed by atoms with Gasteiger partial charge in [-0.2, -0.15) is 0 Å². The molecular weight excluding hydrogens is 244 g/mol. The molecule has 1 fully saturated rings. The second-order valence-corrected chi connectivity index (χ2v) is 4.22. The van der Waals surface area contributed by atoms with Crippen molar-refractivity contribution in [2.45, 2.75) is 12.5 Å². The van der Waals surface area contributed by atoms with Gasteiger partial charge in [0, 0.05) is 0 Å². The number of carboxylic acids is 1. The molecule has 0 spiro atoms. The van der Waals surface area contributed by atoms with Crippen molar-refractivity contribution in [2.75, 3.05) is 33.4 Å². The van der Waals surface area contributed by atoms with Gasteiger partial charge in [0.05, 0.1) is 20.2 Å². The van der Waals surface area contributed by atoms with Gasteiger partial charge in [-0.15, -0.1) is 0 Å². The van der Waals surface area contributed by atoms with Gasteiger partial charge in [0.15, 0.2) is 0 Å². The lowest BCUT2D eigenvalue weighted by Crippen LogP contribution is -2.65. The first-order valence-electron chi connectivity index (χ1n) is 5.31. The molecule has 102 valence electrons. The highest BCUT2D eigenvalue weighted by Crippen LogP contribution is 2.24. The molecule has 1 rings (SSSR count). The number of amides is 2. The summed E-state index contributed by atoms with van der Waals surface area (Å²) in [7, 11) is 1.23. The molecule has 18 heavy (non-hydrogen) atoms. The molecular formula is C10H16N2O6. The first-order chi connectivity index (χ1) is 8.36. The van der Waals surface area contributed by atoms with E-state index >= 15 is 0 Å². The number of aliphatic carboxylic acids is 1. The number of rotatable bonds is 5. The van der Waals surface area contributed by atoms with Crippen LogP contribution in [0.15, 0.2) is 0 Å². The minimum atomic E-state index is -1.05. The Kier molecular flexibility index (Phi) is 4.49. The number of carbonyl (C=O) groups is 3.